The van der Waals surface area contributed by atoms with Gasteiger partial charge in [0.2, 0.25) is 11.8 Å². The van der Waals surface area contributed by atoms with Gasteiger partial charge in [-0.05, 0) is 23.3 Å². The van der Waals surface area contributed by atoms with Gasteiger partial charge in [0.05, 0.1) is 12.1 Å². The number of hydrogen-bond donors (Lipinski definition) is 3. The van der Waals surface area contributed by atoms with Gasteiger partial charge < -0.3 is 20.5 Å². The molecule has 2 aromatic carbocycles. The first-order valence-corrected chi connectivity index (χ1v) is 9.34. The van der Waals surface area contributed by atoms with Crippen molar-refractivity contribution in [2.24, 2.45) is 0 Å². The third-order valence-electron chi connectivity index (χ3n) is 4.25. The van der Waals surface area contributed by atoms with Gasteiger partial charge in [0, 0.05) is 19.8 Å². The van der Waals surface area contributed by atoms with Crippen molar-refractivity contribution in [2.75, 3.05) is 7.11 Å². The topological polar surface area (TPSA) is 105 Å². The van der Waals surface area contributed by atoms with Gasteiger partial charge in [-0.25, -0.2) is 4.79 Å². The summed E-state index contributed by atoms with van der Waals surface area (Å²) in [6, 6.07) is 12.0. The maximum absolute atomic E-state index is 12.7. The van der Waals surface area contributed by atoms with Crippen LogP contribution in [-0.2, 0) is 27.2 Å². The number of hydrogen-bond acceptors (Lipinski definition) is 4. The molecule has 2 rings (SSSR count). The van der Waals surface area contributed by atoms with Crippen LogP contribution in [0.5, 0.6) is 5.75 Å². The van der Waals surface area contributed by atoms with E-state index in [1.54, 1.807) is 18.2 Å². The van der Waals surface area contributed by atoms with Crippen molar-refractivity contribution in [1.29, 1.82) is 0 Å². The van der Waals surface area contributed by atoms with Gasteiger partial charge >= 0.3 is 5.97 Å². The number of nitrogens with one attached hydrogen (secondary N) is 2. The van der Waals surface area contributed by atoms with Crippen LogP contribution in [0.25, 0.3) is 0 Å². The second-order valence-electron chi connectivity index (χ2n) is 6.52. The Morgan fingerprint density at radius 1 is 1.00 bits per heavy atom. The van der Waals surface area contributed by atoms with Crippen molar-refractivity contribution in [3.8, 4) is 5.75 Å². The molecule has 3 N–H and O–H groups in total. The van der Waals surface area contributed by atoms with Gasteiger partial charge in [-0.3, -0.25) is 9.59 Å². The lowest BCUT2D eigenvalue weighted by Crippen LogP contribution is -2.52. The van der Waals surface area contributed by atoms with Gasteiger partial charge in [-0.2, -0.15) is 0 Å². The van der Waals surface area contributed by atoms with Crippen LogP contribution in [0.3, 0.4) is 0 Å². The predicted molar refractivity (Wildman–Crippen MR) is 109 cm³/mol. The largest absolute Gasteiger partial charge is 0.495 e. The van der Waals surface area contributed by atoms with Crippen molar-refractivity contribution >= 4 is 29.4 Å². The molecule has 0 radical (unpaired) electrons. The number of amides is 2. The number of benzene rings is 2. The molecule has 0 aliphatic carbocycles. The summed E-state index contributed by atoms with van der Waals surface area (Å²) in [5, 5.41) is 15.0. The van der Waals surface area contributed by atoms with Gasteiger partial charge in [0.15, 0.2) is 0 Å². The normalized spacial score (nSPS) is 12.5. The summed E-state index contributed by atoms with van der Waals surface area (Å²) in [6.45, 7) is 1.30. The summed E-state index contributed by atoms with van der Waals surface area (Å²) < 4.78 is 5.08. The SMILES string of the molecule is COc1ccc(C[C@H](NC(=O)[C@H](Cc2ccccc2)NC(C)=O)C(=O)O)cc1Cl. The maximum Gasteiger partial charge on any atom is 0.326 e. The molecule has 0 aliphatic rings. The second-order valence-corrected chi connectivity index (χ2v) is 6.92. The van der Waals surface area contributed by atoms with Crippen molar-refractivity contribution in [1.82, 2.24) is 10.6 Å². The van der Waals surface area contributed by atoms with Crippen LogP contribution in [0, 0.1) is 0 Å². The Hall–Kier alpha value is -3.06. The molecule has 0 aromatic heterocycles. The molecule has 154 valence electrons. The molecule has 0 aliphatic heterocycles. The number of methoxy groups -OCH3 is 1. The van der Waals surface area contributed by atoms with E-state index in [2.05, 4.69) is 10.6 Å². The Labute approximate surface area is 174 Å². The van der Waals surface area contributed by atoms with E-state index in [0.717, 1.165) is 5.56 Å². The zero-order valence-electron chi connectivity index (χ0n) is 16.1. The van der Waals surface area contributed by atoms with E-state index < -0.39 is 24.0 Å². The summed E-state index contributed by atoms with van der Waals surface area (Å²) in [6.07, 6.45) is 0.274. The van der Waals surface area contributed by atoms with Crippen LogP contribution in [0.15, 0.2) is 48.5 Å². The Bertz CT molecular complexity index is 873. The number of rotatable bonds is 9. The summed E-state index contributed by atoms with van der Waals surface area (Å²) in [5.74, 6) is -1.67. The molecule has 7 nitrogen and oxygen atoms in total. The highest BCUT2D eigenvalue weighted by atomic mass is 35.5. The smallest absolute Gasteiger partial charge is 0.326 e. The molecule has 2 amide bonds. The third kappa shape index (κ3) is 6.80. The molecule has 0 spiro atoms. The molecular formula is C21H23ClN2O5. The average molecular weight is 419 g/mol. The van der Waals surface area contributed by atoms with E-state index in [9.17, 15) is 19.5 Å². The molecule has 0 saturated carbocycles. The van der Waals surface area contributed by atoms with Gasteiger partial charge in [-0.1, -0.05) is 48.0 Å². The fourth-order valence-corrected chi connectivity index (χ4v) is 3.13. The Balaban J connectivity index is 2.13. The van der Waals surface area contributed by atoms with Crippen LogP contribution in [0.4, 0.5) is 0 Å². The van der Waals surface area contributed by atoms with E-state index in [4.69, 9.17) is 16.3 Å². The zero-order valence-corrected chi connectivity index (χ0v) is 16.9. The molecule has 0 unspecified atom stereocenters. The molecule has 0 fully saturated rings. The zero-order chi connectivity index (χ0) is 21.4. The van der Waals surface area contributed by atoms with Crippen LogP contribution < -0.4 is 15.4 Å². The average Bonchev–Trinajstić information content (AvgIpc) is 2.67. The molecule has 0 bridgehead atoms. The Kier molecular flexibility index (Phi) is 8.03. The monoisotopic (exact) mass is 418 g/mol. The minimum absolute atomic E-state index is 0.0307. The van der Waals surface area contributed by atoms with E-state index in [1.807, 2.05) is 30.3 Å². The first kappa shape index (κ1) is 22.2. The van der Waals surface area contributed by atoms with Crippen LogP contribution in [-0.4, -0.2) is 42.1 Å². The fraction of sp³-hybridized carbons (Fsp3) is 0.286. The Morgan fingerprint density at radius 3 is 2.21 bits per heavy atom. The van der Waals surface area contributed by atoms with Crippen molar-refractivity contribution in [3.63, 3.8) is 0 Å². The standard InChI is InChI=1S/C21H23ClN2O5/c1-13(25)23-17(11-14-6-4-3-5-7-14)20(26)24-18(21(27)28)12-15-8-9-19(29-2)16(22)10-15/h3-10,17-18H,11-12H2,1-2H3,(H,23,25)(H,24,26)(H,27,28)/t17-,18-/m0/s1. The van der Waals surface area contributed by atoms with E-state index in [0.29, 0.717) is 16.3 Å². The summed E-state index contributed by atoms with van der Waals surface area (Å²) in [7, 11) is 1.48. The van der Waals surface area contributed by atoms with E-state index >= 15 is 0 Å². The van der Waals surface area contributed by atoms with E-state index in [1.165, 1.54) is 14.0 Å². The number of carbonyl (C=O) groups excluding carboxylic acids is 2. The molecule has 0 saturated heterocycles. The third-order valence-corrected chi connectivity index (χ3v) is 4.54. The molecular weight excluding hydrogens is 396 g/mol. The van der Waals surface area contributed by atoms with Crippen LogP contribution in [0.1, 0.15) is 18.1 Å². The van der Waals surface area contributed by atoms with Gasteiger partial charge in [-0.15, -0.1) is 0 Å². The lowest BCUT2D eigenvalue weighted by atomic mass is 10.0. The number of halogens is 1. The van der Waals surface area contributed by atoms with Crippen molar-refractivity contribution < 1.29 is 24.2 Å². The van der Waals surface area contributed by atoms with E-state index in [-0.39, 0.29) is 18.7 Å². The molecule has 29 heavy (non-hydrogen) atoms. The Morgan fingerprint density at radius 2 is 1.66 bits per heavy atom. The van der Waals surface area contributed by atoms with Crippen molar-refractivity contribution in [3.05, 3.63) is 64.7 Å². The maximum atomic E-state index is 12.7. The summed E-state index contributed by atoms with van der Waals surface area (Å²) in [5.41, 5.74) is 1.47. The fourth-order valence-electron chi connectivity index (χ4n) is 2.85. The number of aliphatic carboxylic acids is 1. The van der Waals surface area contributed by atoms with Gasteiger partial charge in [0.25, 0.3) is 0 Å². The molecule has 8 heteroatoms. The number of ether oxygens (including phenoxy) is 1. The number of carboxylic acids is 1. The highest BCUT2D eigenvalue weighted by molar-refractivity contribution is 6.32. The molecule has 0 heterocycles. The molecule has 2 aromatic rings. The first-order valence-electron chi connectivity index (χ1n) is 8.96. The lowest BCUT2D eigenvalue weighted by Gasteiger charge is -2.21. The highest BCUT2D eigenvalue weighted by Crippen LogP contribution is 2.25. The highest BCUT2D eigenvalue weighted by Gasteiger charge is 2.26. The lowest BCUT2D eigenvalue weighted by molar-refractivity contribution is -0.142. The quantitative estimate of drug-likeness (QED) is 0.579. The molecule has 2 atom stereocenters. The van der Waals surface area contributed by atoms with Gasteiger partial charge in [0.1, 0.15) is 17.8 Å². The minimum Gasteiger partial charge on any atom is -0.495 e. The van der Waals surface area contributed by atoms with Crippen molar-refractivity contribution in [2.45, 2.75) is 31.8 Å². The summed E-state index contributed by atoms with van der Waals surface area (Å²) in [4.78, 5) is 35.9. The minimum atomic E-state index is -1.19. The number of carbonyl (C=O) groups is 3. The van der Waals surface area contributed by atoms with Crippen LogP contribution in [0.2, 0.25) is 5.02 Å². The first-order chi connectivity index (χ1) is 13.8. The second kappa shape index (κ2) is 10.5. The van der Waals surface area contributed by atoms with Crippen LogP contribution >= 0.6 is 11.6 Å². The number of carboxylic acid groups (broad SMARTS) is 1. The predicted octanol–water partition coefficient (Wildman–Crippen LogP) is 2.21. The summed E-state index contributed by atoms with van der Waals surface area (Å²) >= 11 is 6.09.